The minimum absolute atomic E-state index is 0.205. The first kappa shape index (κ1) is 21.1. The molecular formula is C25H23N3O4. The van der Waals surface area contributed by atoms with Crippen LogP contribution in [0.15, 0.2) is 77.6 Å². The number of aromatic nitrogens is 2. The molecule has 0 radical (unpaired) electrons. The van der Waals surface area contributed by atoms with Crippen molar-refractivity contribution >= 4 is 16.7 Å². The molecule has 1 N–H and O–H groups in total. The maximum atomic E-state index is 13.0. The lowest BCUT2D eigenvalue weighted by molar-refractivity contribution is 0.0949. The maximum Gasteiger partial charge on any atom is 0.279 e. The molecule has 0 spiro atoms. The van der Waals surface area contributed by atoms with Gasteiger partial charge in [0.05, 0.1) is 25.3 Å². The number of hydrogen-bond donors (Lipinski definition) is 1. The zero-order valence-electron chi connectivity index (χ0n) is 17.9. The molecule has 7 heteroatoms. The molecule has 162 valence electrons. The number of para-hydroxylation sites is 1. The average Bonchev–Trinajstić information content (AvgIpc) is 2.84. The Morgan fingerprint density at radius 3 is 2.31 bits per heavy atom. The van der Waals surface area contributed by atoms with Crippen LogP contribution < -0.4 is 20.3 Å². The van der Waals surface area contributed by atoms with Crippen molar-refractivity contribution < 1.29 is 14.3 Å². The number of methoxy groups -OCH3 is 2. The second kappa shape index (κ2) is 9.34. The summed E-state index contributed by atoms with van der Waals surface area (Å²) in [5, 5.41) is 8.28. The first-order chi connectivity index (χ1) is 15.6. The van der Waals surface area contributed by atoms with Gasteiger partial charge in [0.25, 0.3) is 11.5 Å². The molecule has 32 heavy (non-hydrogen) atoms. The van der Waals surface area contributed by atoms with Crippen LogP contribution in [0.4, 0.5) is 0 Å². The van der Waals surface area contributed by atoms with Gasteiger partial charge in [0.2, 0.25) is 0 Å². The van der Waals surface area contributed by atoms with Crippen molar-refractivity contribution in [1.82, 2.24) is 15.1 Å². The smallest absolute Gasteiger partial charge is 0.279 e. The highest BCUT2D eigenvalue weighted by atomic mass is 16.5. The van der Waals surface area contributed by atoms with Gasteiger partial charge in [0.15, 0.2) is 17.2 Å². The summed E-state index contributed by atoms with van der Waals surface area (Å²) in [7, 11) is 3.17. The summed E-state index contributed by atoms with van der Waals surface area (Å²) in [6, 6.07) is 21.7. The Morgan fingerprint density at radius 2 is 1.59 bits per heavy atom. The van der Waals surface area contributed by atoms with Gasteiger partial charge in [-0.3, -0.25) is 9.59 Å². The number of benzene rings is 3. The van der Waals surface area contributed by atoms with Gasteiger partial charge in [-0.05, 0) is 42.3 Å². The second-order valence-corrected chi connectivity index (χ2v) is 7.14. The Balaban J connectivity index is 1.60. The maximum absolute atomic E-state index is 13.0. The minimum atomic E-state index is -0.341. The van der Waals surface area contributed by atoms with E-state index in [0.717, 1.165) is 5.56 Å². The fourth-order valence-corrected chi connectivity index (χ4v) is 3.54. The number of ether oxygens (including phenoxy) is 2. The molecule has 0 aliphatic carbocycles. The number of carbonyl (C=O) groups excluding carboxylic acids is 1. The number of hydrogen-bond acceptors (Lipinski definition) is 5. The predicted octanol–water partition coefficient (Wildman–Crippen LogP) is 3.38. The molecule has 0 fully saturated rings. The van der Waals surface area contributed by atoms with Crippen LogP contribution in [0, 0.1) is 0 Å². The Morgan fingerprint density at radius 1 is 0.906 bits per heavy atom. The molecule has 1 aromatic heterocycles. The molecule has 1 amide bonds. The van der Waals surface area contributed by atoms with Crippen molar-refractivity contribution in [3.8, 4) is 17.2 Å². The van der Waals surface area contributed by atoms with Crippen molar-refractivity contribution in [3.05, 3.63) is 94.4 Å². The van der Waals surface area contributed by atoms with Gasteiger partial charge < -0.3 is 14.8 Å². The summed E-state index contributed by atoms with van der Waals surface area (Å²) in [6.07, 6.45) is 0.600. The van der Waals surface area contributed by atoms with Gasteiger partial charge in [-0.25, -0.2) is 0 Å². The number of amides is 1. The van der Waals surface area contributed by atoms with E-state index in [-0.39, 0.29) is 17.2 Å². The average molecular weight is 429 g/mol. The molecule has 0 saturated heterocycles. The van der Waals surface area contributed by atoms with E-state index in [1.165, 1.54) is 4.68 Å². The van der Waals surface area contributed by atoms with E-state index in [2.05, 4.69) is 10.4 Å². The quantitative estimate of drug-likeness (QED) is 0.487. The Kier molecular flexibility index (Phi) is 6.17. The van der Waals surface area contributed by atoms with Crippen LogP contribution >= 0.6 is 0 Å². The van der Waals surface area contributed by atoms with E-state index in [9.17, 15) is 9.59 Å². The summed E-state index contributed by atoms with van der Waals surface area (Å²) in [5.41, 5.74) is 1.53. The SMILES string of the molecule is COc1ccc(CCNC(=O)c2nn(-c3ccccc3)c(=O)c3ccccc23)cc1OC. The van der Waals surface area contributed by atoms with Gasteiger partial charge in [0.1, 0.15) is 0 Å². The summed E-state index contributed by atoms with van der Waals surface area (Å²) in [5.74, 6) is 0.949. The standard InChI is InChI=1S/C25H23N3O4/c1-31-21-13-12-17(16-22(21)32-2)14-15-26-24(29)23-19-10-6-7-11-20(19)25(30)28(27-23)18-8-4-3-5-9-18/h3-13,16H,14-15H2,1-2H3,(H,26,29). The molecule has 0 aliphatic heterocycles. The lowest BCUT2D eigenvalue weighted by atomic mass is 10.1. The van der Waals surface area contributed by atoms with Crippen LogP contribution in [-0.2, 0) is 6.42 Å². The Labute approximate surface area is 185 Å². The fraction of sp³-hybridized carbons (Fsp3) is 0.160. The third-order valence-electron chi connectivity index (χ3n) is 5.17. The monoisotopic (exact) mass is 429 g/mol. The highest BCUT2D eigenvalue weighted by Gasteiger charge is 2.17. The largest absolute Gasteiger partial charge is 0.493 e. The van der Waals surface area contributed by atoms with Crippen molar-refractivity contribution in [1.29, 1.82) is 0 Å². The zero-order chi connectivity index (χ0) is 22.5. The second-order valence-electron chi connectivity index (χ2n) is 7.14. The first-order valence-corrected chi connectivity index (χ1v) is 10.2. The minimum Gasteiger partial charge on any atom is -0.493 e. The summed E-state index contributed by atoms with van der Waals surface area (Å²) in [4.78, 5) is 26.0. The number of nitrogens with one attached hydrogen (secondary N) is 1. The molecule has 0 atom stereocenters. The number of rotatable bonds is 7. The predicted molar refractivity (Wildman–Crippen MR) is 123 cm³/mol. The Hall–Kier alpha value is -4.13. The van der Waals surface area contributed by atoms with E-state index >= 15 is 0 Å². The van der Waals surface area contributed by atoms with E-state index in [1.54, 1.807) is 50.6 Å². The van der Waals surface area contributed by atoms with Gasteiger partial charge >= 0.3 is 0 Å². The molecule has 3 aromatic carbocycles. The van der Waals surface area contributed by atoms with E-state index in [4.69, 9.17) is 9.47 Å². The number of carbonyl (C=O) groups is 1. The zero-order valence-corrected chi connectivity index (χ0v) is 17.9. The number of fused-ring (bicyclic) bond motifs is 1. The van der Waals surface area contributed by atoms with Crippen molar-refractivity contribution in [3.63, 3.8) is 0 Å². The third-order valence-corrected chi connectivity index (χ3v) is 5.17. The molecular weight excluding hydrogens is 406 g/mol. The highest BCUT2D eigenvalue weighted by Crippen LogP contribution is 2.27. The van der Waals surface area contributed by atoms with Crippen LogP contribution in [0.1, 0.15) is 16.1 Å². The summed E-state index contributed by atoms with van der Waals surface area (Å²) in [6.45, 7) is 0.398. The molecule has 0 bridgehead atoms. The van der Waals surface area contributed by atoms with Crippen LogP contribution in [0.25, 0.3) is 16.5 Å². The van der Waals surface area contributed by atoms with Gasteiger partial charge in [-0.15, -0.1) is 0 Å². The lowest BCUT2D eigenvalue weighted by Crippen LogP contribution is -2.31. The van der Waals surface area contributed by atoms with E-state index in [0.29, 0.717) is 40.9 Å². The van der Waals surface area contributed by atoms with Crippen molar-refractivity contribution in [2.24, 2.45) is 0 Å². The van der Waals surface area contributed by atoms with Crippen LogP contribution in [-0.4, -0.2) is 36.5 Å². The topological polar surface area (TPSA) is 82.5 Å². The molecule has 1 heterocycles. The lowest BCUT2D eigenvalue weighted by Gasteiger charge is -2.12. The molecule has 0 saturated carbocycles. The van der Waals surface area contributed by atoms with E-state index < -0.39 is 0 Å². The molecule has 7 nitrogen and oxygen atoms in total. The summed E-state index contributed by atoms with van der Waals surface area (Å²) >= 11 is 0. The van der Waals surface area contributed by atoms with Gasteiger partial charge in [-0.1, -0.05) is 42.5 Å². The fourth-order valence-electron chi connectivity index (χ4n) is 3.54. The van der Waals surface area contributed by atoms with Crippen LogP contribution in [0.3, 0.4) is 0 Å². The summed E-state index contributed by atoms with van der Waals surface area (Å²) < 4.78 is 11.9. The highest BCUT2D eigenvalue weighted by molar-refractivity contribution is 6.04. The molecule has 4 aromatic rings. The number of nitrogens with zero attached hydrogens (tertiary/aromatic N) is 2. The Bertz CT molecular complexity index is 1320. The van der Waals surface area contributed by atoms with Gasteiger partial charge in [0, 0.05) is 11.9 Å². The van der Waals surface area contributed by atoms with Crippen LogP contribution in [0.2, 0.25) is 0 Å². The first-order valence-electron chi connectivity index (χ1n) is 10.2. The van der Waals surface area contributed by atoms with Crippen molar-refractivity contribution in [2.75, 3.05) is 20.8 Å². The molecule has 4 rings (SSSR count). The molecule has 0 aliphatic rings. The normalized spacial score (nSPS) is 10.7. The third kappa shape index (κ3) is 4.18. The van der Waals surface area contributed by atoms with Crippen LogP contribution in [0.5, 0.6) is 11.5 Å². The van der Waals surface area contributed by atoms with Gasteiger partial charge in [-0.2, -0.15) is 9.78 Å². The van der Waals surface area contributed by atoms with Crippen molar-refractivity contribution in [2.45, 2.75) is 6.42 Å². The molecule has 0 unspecified atom stereocenters. The van der Waals surface area contributed by atoms with E-state index in [1.807, 2.05) is 36.4 Å².